The predicted octanol–water partition coefficient (Wildman–Crippen LogP) is 3.87. The molecule has 0 unspecified atom stereocenters. The van der Waals surface area contributed by atoms with Crippen LogP contribution in [0.2, 0.25) is 0 Å². The maximum atomic E-state index is 8.93. The van der Waals surface area contributed by atoms with Gasteiger partial charge in [-0.3, -0.25) is 0 Å². The summed E-state index contributed by atoms with van der Waals surface area (Å²) in [5.74, 6) is 0. The highest BCUT2D eigenvalue weighted by atomic mass is 79.9. The molecule has 0 saturated carbocycles. The Kier molecular flexibility index (Phi) is 3.60. The number of benzene rings is 1. The molecule has 0 aliphatic carbocycles. The van der Waals surface area contributed by atoms with Crippen LogP contribution in [0.25, 0.3) is 0 Å². The van der Waals surface area contributed by atoms with E-state index in [1.54, 1.807) is 6.20 Å². The highest BCUT2D eigenvalue weighted by Gasteiger charge is 2.06. The molecule has 1 aromatic carbocycles. The molecule has 0 radical (unpaired) electrons. The maximum Gasteiger partial charge on any atom is 0.154 e. The van der Waals surface area contributed by atoms with Gasteiger partial charge in [-0.05, 0) is 40.2 Å². The van der Waals surface area contributed by atoms with Gasteiger partial charge in [-0.15, -0.1) is 0 Å². The molecule has 0 bridgehead atoms. The molecule has 16 heavy (non-hydrogen) atoms. The van der Waals surface area contributed by atoms with Gasteiger partial charge in [0.2, 0.25) is 0 Å². The van der Waals surface area contributed by atoms with Crippen LogP contribution in [0.3, 0.4) is 0 Å². The normalized spacial score (nSPS) is 9.75. The lowest BCUT2D eigenvalue weighted by molar-refractivity contribution is 1.17. The van der Waals surface area contributed by atoms with E-state index in [9.17, 15) is 0 Å². The van der Waals surface area contributed by atoms with Crippen LogP contribution >= 0.6 is 27.7 Å². The molecule has 2 nitrogen and oxygen atoms in total. The zero-order valence-corrected chi connectivity index (χ0v) is 10.6. The quantitative estimate of drug-likeness (QED) is 0.842. The van der Waals surface area contributed by atoms with Gasteiger partial charge < -0.3 is 0 Å². The van der Waals surface area contributed by atoms with Crippen LogP contribution in [0.15, 0.2) is 56.9 Å². The third kappa shape index (κ3) is 2.43. The third-order valence-corrected chi connectivity index (χ3v) is 4.01. The topological polar surface area (TPSA) is 36.7 Å². The zero-order chi connectivity index (χ0) is 11.4. The van der Waals surface area contributed by atoms with Crippen molar-refractivity contribution in [1.82, 2.24) is 4.98 Å². The summed E-state index contributed by atoms with van der Waals surface area (Å²) in [7, 11) is 0. The van der Waals surface area contributed by atoms with Crippen molar-refractivity contribution in [1.29, 1.82) is 5.26 Å². The Labute approximate surface area is 106 Å². The van der Waals surface area contributed by atoms with Gasteiger partial charge in [-0.1, -0.05) is 23.9 Å². The number of nitriles is 1. The highest BCUT2D eigenvalue weighted by Crippen LogP contribution is 2.34. The predicted molar refractivity (Wildman–Crippen MR) is 67.2 cm³/mol. The Balaban J connectivity index is 2.35. The summed E-state index contributed by atoms with van der Waals surface area (Å²) in [6.45, 7) is 0. The van der Waals surface area contributed by atoms with Gasteiger partial charge in [0.05, 0.1) is 0 Å². The lowest BCUT2D eigenvalue weighted by Crippen LogP contribution is -1.85. The highest BCUT2D eigenvalue weighted by molar-refractivity contribution is 9.10. The minimum atomic E-state index is 0.461. The van der Waals surface area contributed by atoms with Gasteiger partial charge in [0, 0.05) is 20.5 Å². The average molecular weight is 291 g/mol. The summed E-state index contributed by atoms with van der Waals surface area (Å²) < 4.78 is 1.02. The van der Waals surface area contributed by atoms with Crippen LogP contribution in [-0.4, -0.2) is 4.98 Å². The molecular formula is C12H7BrN2S. The third-order valence-electron chi connectivity index (χ3n) is 1.93. The van der Waals surface area contributed by atoms with E-state index in [-0.39, 0.29) is 0 Å². The van der Waals surface area contributed by atoms with Crippen molar-refractivity contribution in [3.05, 3.63) is 52.8 Å². The molecule has 1 aromatic heterocycles. The van der Waals surface area contributed by atoms with E-state index in [0.29, 0.717) is 5.69 Å². The van der Waals surface area contributed by atoms with Gasteiger partial charge >= 0.3 is 0 Å². The monoisotopic (exact) mass is 290 g/mol. The Morgan fingerprint density at radius 2 is 1.88 bits per heavy atom. The second kappa shape index (κ2) is 5.15. The number of hydrogen-bond donors (Lipinski definition) is 0. The van der Waals surface area contributed by atoms with E-state index >= 15 is 0 Å². The largest absolute Gasteiger partial charge is 0.244 e. The molecule has 0 atom stereocenters. The molecule has 0 N–H and O–H groups in total. The van der Waals surface area contributed by atoms with Crippen molar-refractivity contribution in [3.8, 4) is 6.07 Å². The van der Waals surface area contributed by atoms with Crippen molar-refractivity contribution in [2.45, 2.75) is 9.79 Å². The molecule has 0 aliphatic rings. The lowest BCUT2D eigenvalue weighted by atomic mass is 10.4. The van der Waals surface area contributed by atoms with Crippen molar-refractivity contribution < 1.29 is 0 Å². The SMILES string of the molecule is N#Cc1ncccc1Sc1ccccc1Br. The van der Waals surface area contributed by atoms with E-state index < -0.39 is 0 Å². The fraction of sp³-hybridized carbons (Fsp3) is 0. The molecule has 0 saturated heterocycles. The van der Waals surface area contributed by atoms with Gasteiger partial charge in [0.15, 0.2) is 5.69 Å². The summed E-state index contributed by atoms with van der Waals surface area (Å²) in [6.07, 6.45) is 1.63. The van der Waals surface area contributed by atoms with Crippen LogP contribution < -0.4 is 0 Å². The first-order valence-corrected chi connectivity index (χ1v) is 6.19. The number of pyridine rings is 1. The van der Waals surface area contributed by atoms with Crippen LogP contribution in [0.1, 0.15) is 5.69 Å². The summed E-state index contributed by atoms with van der Waals surface area (Å²) in [5.41, 5.74) is 0.461. The summed E-state index contributed by atoms with van der Waals surface area (Å²) >= 11 is 5.01. The lowest BCUT2D eigenvalue weighted by Gasteiger charge is -2.04. The molecule has 2 aromatic rings. The molecule has 1 heterocycles. The van der Waals surface area contributed by atoms with Crippen LogP contribution in [0, 0.1) is 11.3 Å². The van der Waals surface area contributed by atoms with Gasteiger partial charge in [-0.25, -0.2) is 4.98 Å². The molecule has 0 amide bonds. The van der Waals surface area contributed by atoms with E-state index in [2.05, 4.69) is 27.0 Å². The summed E-state index contributed by atoms with van der Waals surface area (Å²) in [5, 5.41) is 8.93. The first-order valence-electron chi connectivity index (χ1n) is 4.59. The van der Waals surface area contributed by atoms with E-state index in [0.717, 1.165) is 14.3 Å². The van der Waals surface area contributed by atoms with Crippen molar-refractivity contribution >= 4 is 27.7 Å². The number of aromatic nitrogens is 1. The maximum absolute atomic E-state index is 8.93. The zero-order valence-electron chi connectivity index (χ0n) is 8.22. The van der Waals surface area contributed by atoms with E-state index in [1.807, 2.05) is 36.4 Å². The minimum Gasteiger partial charge on any atom is -0.244 e. The Morgan fingerprint density at radius 1 is 1.12 bits per heavy atom. The Hall–Kier alpha value is -1.31. The van der Waals surface area contributed by atoms with Gasteiger partial charge in [0.1, 0.15) is 6.07 Å². The van der Waals surface area contributed by atoms with Crippen molar-refractivity contribution in [2.24, 2.45) is 0 Å². The van der Waals surface area contributed by atoms with Crippen molar-refractivity contribution in [2.75, 3.05) is 0 Å². The molecule has 0 spiro atoms. The molecule has 0 aliphatic heterocycles. The number of hydrogen-bond acceptors (Lipinski definition) is 3. The van der Waals surface area contributed by atoms with Crippen LogP contribution in [0.4, 0.5) is 0 Å². The second-order valence-electron chi connectivity index (χ2n) is 2.99. The Bertz CT molecular complexity index is 549. The van der Waals surface area contributed by atoms with Crippen LogP contribution in [0.5, 0.6) is 0 Å². The molecule has 78 valence electrons. The first kappa shape index (κ1) is 11.2. The summed E-state index contributed by atoms with van der Waals surface area (Å²) in [6, 6.07) is 13.7. The van der Waals surface area contributed by atoms with E-state index in [4.69, 9.17) is 5.26 Å². The Morgan fingerprint density at radius 3 is 2.62 bits per heavy atom. The first-order chi connectivity index (χ1) is 7.81. The van der Waals surface area contributed by atoms with Crippen molar-refractivity contribution in [3.63, 3.8) is 0 Å². The number of nitrogens with zero attached hydrogens (tertiary/aromatic N) is 2. The number of rotatable bonds is 2. The number of halogens is 1. The second-order valence-corrected chi connectivity index (χ2v) is 4.93. The molecule has 2 rings (SSSR count). The van der Waals surface area contributed by atoms with E-state index in [1.165, 1.54) is 11.8 Å². The standard InChI is InChI=1S/C12H7BrN2S/c13-9-4-1-2-5-11(9)16-12-6-3-7-15-10(12)8-14/h1-7H. The fourth-order valence-electron chi connectivity index (χ4n) is 1.20. The smallest absolute Gasteiger partial charge is 0.154 e. The summed E-state index contributed by atoms with van der Waals surface area (Å²) in [4.78, 5) is 5.97. The fourth-order valence-corrected chi connectivity index (χ4v) is 2.62. The van der Waals surface area contributed by atoms with Crippen LogP contribution in [-0.2, 0) is 0 Å². The van der Waals surface area contributed by atoms with Gasteiger partial charge in [0.25, 0.3) is 0 Å². The minimum absolute atomic E-state index is 0.461. The average Bonchev–Trinajstić information content (AvgIpc) is 2.33. The molecular weight excluding hydrogens is 284 g/mol. The molecule has 4 heteroatoms. The molecule has 0 fully saturated rings. The van der Waals surface area contributed by atoms with Gasteiger partial charge in [-0.2, -0.15) is 5.26 Å².